The molecule has 0 aliphatic carbocycles. The van der Waals surface area contributed by atoms with E-state index in [9.17, 15) is 4.79 Å². The van der Waals surface area contributed by atoms with Crippen molar-refractivity contribution in [3.8, 4) is 0 Å². The van der Waals surface area contributed by atoms with Gasteiger partial charge in [0.1, 0.15) is 5.82 Å². The number of nitrogens with one attached hydrogen (secondary N) is 1. The molecule has 0 saturated heterocycles. The third-order valence-corrected chi connectivity index (χ3v) is 4.27. The van der Waals surface area contributed by atoms with Crippen molar-refractivity contribution in [2.75, 3.05) is 6.54 Å². The first kappa shape index (κ1) is 13.1. The van der Waals surface area contributed by atoms with Gasteiger partial charge >= 0.3 is 0 Å². The van der Waals surface area contributed by atoms with Gasteiger partial charge in [0.05, 0.1) is 11.0 Å². The van der Waals surface area contributed by atoms with Crippen molar-refractivity contribution >= 4 is 16.9 Å². The monoisotopic (exact) mass is 291 g/mol. The first-order valence-corrected chi connectivity index (χ1v) is 7.53. The number of fused-ring (bicyclic) bond motifs is 2. The fourth-order valence-electron chi connectivity index (χ4n) is 3.12. The largest absolute Gasteiger partial charge is 0.342 e. The summed E-state index contributed by atoms with van der Waals surface area (Å²) in [4.78, 5) is 22.2. The number of H-pyrrole nitrogens is 1. The van der Waals surface area contributed by atoms with Crippen LogP contribution in [0.15, 0.2) is 42.5 Å². The molecule has 2 aromatic carbocycles. The molecule has 1 aliphatic rings. The maximum Gasteiger partial charge on any atom is 0.254 e. The molecule has 0 bridgehead atoms. The minimum Gasteiger partial charge on any atom is -0.342 e. The molecular weight excluding hydrogens is 274 g/mol. The van der Waals surface area contributed by atoms with E-state index in [1.54, 1.807) is 0 Å². The molecule has 4 rings (SSSR count). The van der Waals surface area contributed by atoms with E-state index in [-0.39, 0.29) is 5.91 Å². The van der Waals surface area contributed by atoms with Crippen molar-refractivity contribution < 1.29 is 4.79 Å². The van der Waals surface area contributed by atoms with Crippen molar-refractivity contribution in [2.45, 2.75) is 19.9 Å². The first-order valence-electron chi connectivity index (χ1n) is 7.53. The molecule has 0 saturated carbocycles. The van der Waals surface area contributed by atoms with Crippen LogP contribution in [-0.4, -0.2) is 27.3 Å². The van der Waals surface area contributed by atoms with Crippen LogP contribution in [0.3, 0.4) is 0 Å². The maximum absolute atomic E-state index is 12.8. The summed E-state index contributed by atoms with van der Waals surface area (Å²) < 4.78 is 0. The molecule has 0 spiro atoms. The molecule has 0 radical (unpaired) electrons. The summed E-state index contributed by atoms with van der Waals surface area (Å²) in [5, 5.41) is 0. The number of aromatic nitrogens is 2. The van der Waals surface area contributed by atoms with Crippen molar-refractivity contribution in [1.29, 1.82) is 0 Å². The summed E-state index contributed by atoms with van der Waals surface area (Å²) in [6, 6.07) is 14.0. The second-order valence-corrected chi connectivity index (χ2v) is 5.80. The van der Waals surface area contributed by atoms with Gasteiger partial charge in [0, 0.05) is 18.7 Å². The van der Waals surface area contributed by atoms with Crippen molar-refractivity contribution in [1.82, 2.24) is 14.9 Å². The molecule has 3 aromatic rings. The lowest BCUT2D eigenvalue weighted by Gasteiger charge is -2.29. The normalized spacial score (nSPS) is 14.1. The highest BCUT2D eigenvalue weighted by atomic mass is 16.2. The topological polar surface area (TPSA) is 49.0 Å². The zero-order valence-electron chi connectivity index (χ0n) is 12.5. The van der Waals surface area contributed by atoms with Gasteiger partial charge in [0.25, 0.3) is 5.91 Å². The highest BCUT2D eigenvalue weighted by Gasteiger charge is 2.21. The highest BCUT2D eigenvalue weighted by molar-refractivity contribution is 5.97. The summed E-state index contributed by atoms with van der Waals surface area (Å²) in [5.41, 5.74) is 5.14. The number of hydrogen-bond donors (Lipinski definition) is 1. The van der Waals surface area contributed by atoms with Crippen LogP contribution in [0, 0.1) is 6.92 Å². The standard InChI is InChI=1S/C18H17N3O/c1-12-19-16-7-6-14(10-17(16)20-12)18(22)21-9-8-13-4-2-3-5-15(13)11-21/h2-7,10H,8-9,11H2,1H3,(H,19,20). The van der Waals surface area contributed by atoms with Crippen LogP contribution in [0.4, 0.5) is 0 Å². The maximum atomic E-state index is 12.8. The quantitative estimate of drug-likeness (QED) is 0.749. The number of hydrogen-bond acceptors (Lipinski definition) is 2. The second-order valence-electron chi connectivity index (χ2n) is 5.80. The number of rotatable bonds is 1. The Morgan fingerprint density at radius 3 is 2.86 bits per heavy atom. The predicted molar refractivity (Wildman–Crippen MR) is 85.7 cm³/mol. The minimum atomic E-state index is 0.0867. The van der Waals surface area contributed by atoms with Crippen LogP contribution in [-0.2, 0) is 13.0 Å². The van der Waals surface area contributed by atoms with Crippen LogP contribution in [0.1, 0.15) is 27.3 Å². The number of carbonyl (C=O) groups excluding carboxylic acids is 1. The van der Waals surface area contributed by atoms with Gasteiger partial charge in [-0.15, -0.1) is 0 Å². The van der Waals surface area contributed by atoms with E-state index in [0.29, 0.717) is 6.54 Å². The summed E-state index contributed by atoms with van der Waals surface area (Å²) in [7, 11) is 0. The zero-order valence-corrected chi connectivity index (χ0v) is 12.5. The van der Waals surface area contributed by atoms with Crippen LogP contribution < -0.4 is 0 Å². The van der Waals surface area contributed by atoms with Gasteiger partial charge in [-0.05, 0) is 42.7 Å². The average Bonchev–Trinajstić information content (AvgIpc) is 2.92. The molecule has 1 amide bonds. The van der Waals surface area contributed by atoms with Crippen molar-refractivity contribution in [3.05, 3.63) is 65.0 Å². The van der Waals surface area contributed by atoms with E-state index in [1.165, 1.54) is 11.1 Å². The molecule has 1 N–H and O–H groups in total. The molecule has 1 aliphatic heterocycles. The predicted octanol–water partition coefficient (Wildman–Crippen LogP) is 3.07. The Morgan fingerprint density at radius 2 is 2.00 bits per heavy atom. The van der Waals surface area contributed by atoms with Crippen molar-refractivity contribution in [2.24, 2.45) is 0 Å². The van der Waals surface area contributed by atoms with Gasteiger partial charge in [-0.1, -0.05) is 24.3 Å². The molecule has 22 heavy (non-hydrogen) atoms. The minimum absolute atomic E-state index is 0.0867. The van der Waals surface area contributed by atoms with Gasteiger partial charge in [-0.2, -0.15) is 0 Å². The van der Waals surface area contributed by atoms with E-state index in [0.717, 1.165) is 35.4 Å². The number of aryl methyl sites for hydroxylation is 1. The summed E-state index contributed by atoms with van der Waals surface area (Å²) in [6.07, 6.45) is 0.924. The number of amides is 1. The lowest BCUT2D eigenvalue weighted by molar-refractivity contribution is 0.0735. The molecule has 110 valence electrons. The average molecular weight is 291 g/mol. The van der Waals surface area contributed by atoms with E-state index in [4.69, 9.17) is 0 Å². The third kappa shape index (κ3) is 2.17. The number of carbonyl (C=O) groups is 1. The molecule has 0 atom stereocenters. The van der Waals surface area contributed by atoms with Crippen molar-refractivity contribution in [3.63, 3.8) is 0 Å². The van der Waals surface area contributed by atoms with E-state index < -0.39 is 0 Å². The van der Waals surface area contributed by atoms with Gasteiger partial charge in [-0.3, -0.25) is 4.79 Å². The Kier molecular flexibility index (Phi) is 2.96. The first-order chi connectivity index (χ1) is 10.7. The van der Waals surface area contributed by atoms with E-state index >= 15 is 0 Å². The summed E-state index contributed by atoms with van der Waals surface area (Å²) in [6.45, 7) is 3.38. The second kappa shape index (κ2) is 4.98. The Balaban J connectivity index is 1.63. The number of aromatic amines is 1. The molecule has 1 aromatic heterocycles. The smallest absolute Gasteiger partial charge is 0.254 e. The van der Waals surface area contributed by atoms with Crippen LogP contribution in [0.5, 0.6) is 0 Å². The fourth-order valence-corrected chi connectivity index (χ4v) is 3.12. The van der Waals surface area contributed by atoms with Crippen LogP contribution in [0.25, 0.3) is 11.0 Å². The van der Waals surface area contributed by atoms with Gasteiger partial charge in [-0.25, -0.2) is 4.98 Å². The molecule has 4 heteroatoms. The molecule has 0 fully saturated rings. The zero-order chi connectivity index (χ0) is 15.1. The number of imidazole rings is 1. The summed E-state index contributed by atoms with van der Waals surface area (Å²) >= 11 is 0. The number of benzene rings is 2. The number of nitrogens with zero attached hydrogens (tertiary/aromatic N) is 2. The SMILES string of the molecule is Cc1nc2ccc(C(=O)N3CCc4ccccc4C3)cc2[nH]1. The van der Waals surface area contributed by atoms with Crippen LogP contribution >= 0.6 is 0 Å². The lowest BCUT2D eigenvalue weighted by atomic mass is 9.99. The molecule has 4 nitrogen and oxygen atoms in total. The third-order valence-electron chi connectivity index (χ3n) is 4.27. The van der Waals surface area contributed by atoms with E-state index in [1.807, 2.05) is 36.1 Å². The molecule has 0 unspecified atom stereocenters. The van der Waals surface area contributed by atoms with E-state index in [2.05, 4.69) is 28.2 Å². The molecular formula is C18H17N3O. The summed E-state index contributed by atoms with van der Waals surface area (Å²) in [5.74, 6) is 0.954. The Hall–Kier alpha value is -2.62. The van der Waals surface area contributed by atoms with Gasteiger partial charge in [0.15, 0.2) is 0 Å². The van der Waals surface area contributed by atoms with Gasteiger partial charge < -0.3 is 9.88 Å². The Bertz CT molecular complexity index is 866. The Labute approximate surface area is 128 Å². The fraction of sp³-hybridized carbons (Fsp3) is 0.222. The highest BCUT2D eigenvalue weighted by Crippen LogP contribution is 2.21. The lowest BCUT2D eigenvalue weighted by Crippen LogP contribution is -2.35. The molecule has 2 heterocycles. The Morgan fingerprint density at radius 1 is 1.18 bits per heavy atom. The van der Waals surface area contributed by atoms with Crippen LogP contribution in [0.2, 0.25) is 0 Å². The van der Waals surface area contributed by atoms with Gasteiger partial charge in [0.2, 0.25) is 0 Å².